The summed E-state index contributed by atoms with van der Waals surface area (Å²) in [5.74, 6) is 0.659. The van der Waals surface area contributed by atoms with Gasteiger partial charge in [-0.25, -0.2) is 14.8 Å². The molecule has 4 aromatic carbocycles. The zero-order valence-corrected chi connectivity index (χ0v) is 34.5. The topological polar surface area (TPSA) is 197 Å². The number of ether oxygens (including phenoxy) is 1. The van der Waals surface area contributed by atoms with Gasteiger partial charge in [-0.2, -0.15) is 10.0 Å². The minimum absolute atomic E-state index is 0.132. The number of hydrogen-bond acceptors (Lipinski definition) is 9. The standard InChI is InChI=1S/C46H50N8O7/c1-27(2)41(51-45(57)61-4)44(56)52-26-36(55)23-40(52)43-48-25-38(50-43)35-19-18-33-21-32(16-17-34(33)22-35)30-12-14-31(15-13-30)37-24-47-42(49-37)39-11-8-20-53(39)54(60,46(58)59)28(3)29-9-6-5-7-10-29/h5-7,9-10,12-19,21-22,24-25,27-28,36,39-41,55,60H,8,11,20,23,26H2,1-4H3,(H3-,47,48,49,50,51,57,58,59)/p+1/t28?,36-,39?,40-,41?,54?/m0/s1. The Bertz CT molecular complexity index is 2540. The molecule has 2 saturated heterocycles. The van der Waals surface area contributed by atoms with Gasteiger partial charge in [0.25, 0.3) is 0 Å². The zero-order valence-electron chi connectivity index (χ0n) is 34.5. The molecule has 6 atom stereocenters. The summed E-state index contributed by atoms with van der Waals surface area (Å²) < 4.78 is 3.48. The van der Waals surface area contributed by atoms with Crippen molar-refractivity contribution in [3.63, 3.8) is 0 Å². The highest BCUT2D eigenvalue weighted by Gasteiger charge is 2.55. The van der Waals surface area contributed by atoms with Crippen molar-refractivity contribution < 1.29 is 39.3 Å². The number of hydrogen-bond donors (Lipinski definition) is 6. The van der Waals surface area contributed by atoms with Gasteiger partial charge in [0, 0.05) is 28.8 Å². The van der Waals surface area contributed by atoms with E-state index in [4.69, 9.17) is 4.74 Å². The van der Waals surface area contributed by atoms with Crippen LogP contribution in [-0.2, 0) is 9.53 Å². The Morgan fingerprint density at radius 2 is 1.41 bits per heavy atom. The molecule has 8 rings (SSSR count). The second-order valence-corrected chi connectivity index (χ2v) is 16.3. The Labute approximate surface area is 353 Å². The molecule has 6 aromatic rings. The van der Waals surface area contributed by atoms with Crippen LogP contribution < -0.4 is 5.32 Å². The van der Waals surface area contributed by atoms with E-state index in [-0.39, 0.29) is 18.4 Å². The van der Waals surface area contributed by atoms with Crippen molar-refractivity contribution >= 4 is 28.9 Å². The lowest BCUT2D eigenvalue weighted by Crippen LogP contribution is -2.61. The van der Waals surface area contributed by atoms with Crippen molar-refractivity contribution in [2.45, 2.75) is 70.3 Å². The first kappa shape index (κ1) is 41.3. The van der Waals surface area contributed by atoms with Crippen molar-refractivity contribution in [3.8, 4) is 33.6 Å². The quantitative estimate of drug-likeness (QED) is 0.0423. The maximum atomic E-state index is 13.6. The summed E-state index contributed by atoms with van der Waals surface area (Å²) in [7, 11) is 1.25. The van der Waals surface area contributed by atoms with E-state index < -0.39 is 47.2 Å². The summed E-state index contributed by atoms with van der Waals surface area (Å²) in [6, 6.07) is 27.4. The molecule has 2 aliphatic rings. The van der Waals surface area contributed by atoms with Gasteiger partial charge in [0.1, 0.15) is 23.7 Å². The summed E-state index contributed by atoms with van der Waals surface area (Å²) in [6.07, 6.45) is 2.42. The van der Waals surface area contributed by atoms with Crippen molar-refractivity contribution in [3.05, 3.63) is 121 Å². The molecule has 2 fully saturated rings. The van der Waals surface area contributed by atoms with Crippen LogP contribution in [-0.4, -0.2) is 100 Å². The number of H-pyrrole nitrogens is 2. The Hall–Kier alpha value is -6.39. The fourth-order valence-corrected chi connectivity index (χ4v) is 8.77. The Kier molecular flexibility index (Phi) is 11.5. The van der Waals surface area contributed by atoms with Crippen molar-refractivity contribution in [2.75, 3.05) is 20.2 Å². The number of amides is 3. The van der Waals surface area contributed by atoms with Gasteiger partial charge in [0.2, 0.25) is 5.91 Å². The minimum Gasteiger partial charge on any atom is -0.453 e. The smallest absolute Gasteiger partial charge is 0.453 e. The number of alkyl carbamates (subject to hydrolysis) is 1. The van der Waals surface area contributed by atoms with Crippen molar-refractivity contribution in [1.82, 2.24) is 35.2 Å². The molecule has 15 nitrogen and oxygen atoms in total. The van der Waals surface area contributed by atoms with E-state index in [9.17, 15) is 29.8 Å². The molecule has 316 valence electrons. The second kappa shape index (κ2) is 16.9. The van der Waals surface area contributed by atoms with Gasteiger partial charge < -0.3 is 35.1 Å². The van der Waals surface area contributed by atoms with E-state index in [2.05, 4.69) is 67.7 Å². The van der Waals surface area contributed by atoms with Crippen molar-refractivity contribution in [2.24, 2.45) is 5.92 Å². The molecule has 6 N–H and O–H groups in total. The second-order valence-electron chi connectivity index (χ2n) is 16.3. The Morgan fingerprint density at radius 1 is 0.820 bits per heavy atom. The minimum atomic E-state index is -1.34. The monoisotopic (exact) mass is 827 g/mol. The number of imidazole rings is 2. The first-order valence-electron chi connectivity index (χ1n) is 20.6. The van der Waals surface area contributed by atoms with E-state index in [1.54, 1.807) is 29.2 Å². The van der Waals surface area contributed by atoms with Crippen LogP contribution in [0.2, 0.25) is 0 Å². The summed E-state index contributed by atoms with van der Waals surface area (Å²) in [5, 5.41) is 39.0. The highest BCUT2D eigenvalue weighted by molar-refractivity contribution is 5.91. The van der Waals surface area contributed by atoms with E-state index in [0.29, 0.717) is 31.0 Å². The van der Waals surface area contributed by atoms with E-state index in [1.165, 1.54) is 7.11 Å². The molecular weight excluding hydrogens is 777 g/mol. The third-order valence-corrected chi connectivity index (χ3v) is 12.2. The van der Waals surface area contributed by atoms with Crippen LogP contribution in [0, 0.1) is 5.92 Å². The molecule has 4 unspecified atom stereocenters. The molecule has 0 radical (unpaired) electrons. The number of aliphatic hydroxyl groups excluding tert-OH is 1. The predicted molar refractivity (Wildman–Crippen MR) is 227 cm³/mol. The number of nitrogens with zero attached hydrogens (tertiary/aromatic N) is 5. The number of methoxy groups -OCH3 is 1. The number of benzene rings is 4. The largest absolute Gasteiger partial charge is 0.568 e. The van der Waals surface area contributed by atoms with Gasteiger partial charge in [-0.05, 0) is 65.3 Å². The van der Waals surface area contributed by atoms with Gasteiger partial charge in [-0.3, -0.25) is 4.79 Å². The van der Waals surface area contributed by atoms with Crippen LogP contribution in [0.4, 0.5) is 9.59 Å². The molecule has 0 saturated carbocycles. The lowest BCUT2D eigenvalue weighted by atomic mass is 9.98. The van der Waals surface area contributed by atoms with Gasteiger partial charge in [-0.15, -0.1) is 5.01 Å². The van der Waals surface area contributed by atoms with Gasteiger partial charge >= 0.3 is 12.2 Å². The van der Waals surface area contributed by atoms with Crippen molar-refractivity contribution in [1.29, 1.82) is 0 Å². The Balaban J connectivity index is 0.963. The molecule has 3 amide bonds. The molecule has 15 heteroatoms. The Morgan fingerprint density at radius 3 is 2.05 bits per heavy atom. The number of likely N-dealkylation sites (tertiary alicyclic amines) is 1. The highest BCUT2D eigenvalue weighted by atomic mass is 16.7. The molecule has 0 bridgehead atoms. The number of aromatic nitrogens is 4. The molecule has 2 aromatic heterocycles. The van der Waals surface area contributed by atoms with Crippen LogP contribution in [0.15, 0.2) is 103 Å². The number of fused-ring (bicyclic) bond motifs is 1. The van der Waals surface area contributed by atoms with Crippen LogP contribution in [0.3, 0.4) is 0 Å². The number of carboxylic acid groups (broad SMARTS) is 1. The van der Waals surface area contributed by atoms with Crippen LogP contribution in [0.1, 0.15) is 75.4 Å². The number of aliphatic hydroxyl groups is 1. The third-order valence-electron chi connectivity index (χ3n) is 12.2. The number of carbonyl (C=O) groups excluding carboxylic acids is 2. The summed E-state index contributed by atoms with van der Waals surface area (Å²) >= 11 is 0. The maximum absolute atomic E-state index is 13.6. The molecular formula is C46H51N8O7+. The number of rotatable bonds is 11. The first-order chi connectivity index (χ1) is 29.3. The lowest BCUT2D eigenvalue weighted by Gasteiger charge is -2.38. The molecule has 2 aliphatic heterocycles. The van der Waals surface area contributed by atoms with E-state index in [0.717, 1.165) is 56.4 Å². The zero-order chi connectivity index (χ0) is 43.0. The number of hydroxylamine groups is 2. The average molecular weight is 828 g/mol. The number of carbonyl (C=O) groups is 3. The van der Waals surface area contributed by atoms with E-state index in [1.807, 2.05) is 62.4 Å². The summed E-state index contributed by atoms with van der Waals surface area (Å²) in [6.45, 7) is 5.94. The fourth-order valence-electron chi connectivity index (χ4n) is 8.77. The van der Waals surface area contributed by atoms with Gasteiger partial charge in [0.05, 0.1) is 49.6 Å². The average Bonchev–Trinajstić information content (AvgIpc) is 4.12. The van der Waals surface area contributed by atoms with Crippen LogP contribution in [0.5, 0.6) is 0 Å². The third kappa shape index (κ3) is 8.00. The van der Waals surface area contributed by atoms with Gasteiger partial charge in [-0.1, -0.05) is 92.7 Å². The van der Waals surface area contributed by atoms with Crippen LogP contribution in [0.25, 0.3) is 44.4 Å². The first-order valence-corrected chi connectivity index (χ1v) is 20.6. The maximum Gasteiger partial charge on any atom is 0.568 e. The fraction of sp³-hybridized carbons (Fsp3) is 0.326. The lowest BCUT2D eigenvalue weighted by molar-refractivity contribution is -1.15. The number of quaternary nitrogens is 1. The number of β-amino-alcohol motifs (C(OH)–C–C–N with tert-alkyl or cyclic N) is 1. The normalized spacial score (nSPS) is 20.1. The number of aromatic amines is 2. The summed E-state index contributed by atoms with van der Waals surface area (Å²) in [4.78, 5) is 56.0. The van der Waals surface area contributed by atoms with Gasteiger partial charge in [0.15, 0.2) is 6.04 Å². The number of nitrogens with one attached hydrogen (secondary N) is 3. The molecule has 0 spiro atoms. The predicted octanol–water partition coefficient (Wildman–Crippen LogP) is 8.00. The highest BCUT2D eigenvalue weighted by Crippen LogP contribution is 2.41. The molecule has 0 aliphatic carbocycles. The van der Waals surface area contributed by atoms with Crippen LogP contribution >= 0.6 is 0 Å². The molecule has 61 heavy (non-hydrogen) atoms. The summed E-state index contributed by atoms with van der Waals surface area (Å²) in [5.41, 5.74) is 6.22. The molecule has 4 heterocycles. The van der Waals surface area contributed by atoms with E-state index >= 15 is 0 Å². The SMILES string of the molecule is COC(=O)NC(C(=O)N1C[C@@H](O)C[C@H]1c1ncc(-c2ccc3cc(-c4ccc(-c5cnc(C6CCCN6[N+](O)(C(=O)O)C(C)c6ccccc6)[nH]5)cc4)ccc3c2)[nH]1)C(C)C.